The molecule has 0 radical (unpaired) electrons. The van der Waals surface area contributed by atoms with E-state index in [0.29, 0.717) is 5.56 Å². The summed E-state index contributed by atoms with van der Waals surface area (Å²) in [6.45, 7) is 8.38. The minimum atomic E-state index is -4.39. The molecule has 8 N–H and O–H groups in total. The van der Waals surface area contributed by atoms with Crippen molar-refractivity contribution in [2.75, 3.05) is 36.7 Å². The van der Waals surface area contributed by atoms with Crippen LogP contribution in [0.25, 0.3) is 0 Å². The monoisotopic (exact) mass is 1440 g/mol. The number of sulfonamides is 3. The molecule has 0 heterocycles. The lowest BCUT2D eigenvalue weighted by Crippen LogP contribution is -2.25. The number of sulfone groups is 3. The van der Waals surface area contributed by atoms with Gasteiger partial charge in [-0.05, 0) is 207 Å². The zero-order valence-electron chi connectivity index (χ0n) is 53.7. The maximum absolute atomic E-state index is 14.9. The lowest BCUT2D eigenvalue weighted by molar-refractivity contribution is -0.116. The number of carbonyl (C=O) groups is 2. The Kier molecular flexibility index (Phi) is 23.9. The first-order chi connectivity index (χ1) is 44.9. The molecule has 0 saturated heterocycles. The van der Waals surface area contributed by atoms with Gasteiger partial charge in [-0.15, -0.1) is 0 Å². The van der Waals surface area contributed by atoms with Gasteiger partial charge in [-0.25, -0.2) is 74.3 Å². The van der Waals surface area contributed by atoms with Crippen molar-refractivity contribution in [3.05, 3.63) is 145 Å². The molecule has 516 valence electrons. The van der Waals surface area contributed by atoms with Crippen LogP contribution in [0.4, 0.5) is 15.8 Å². The molecule has 10 rings (SSSR count). The summed E-state index contributed by atoms with van der Waals surface area (Å²) in [6.07, 6.45) is 14.7. The number of nitrogens with two attached hydrogens (primary N) is 1. The van der Waals surface area contributed by atoms with E-state index in [1.807, 2.05) is 9.44 Å². The normalized spacial score (nSPS) is 14.1. The SMILES string of the molecule is CCS(=O)(=O)c1ccc(S(=O)(=O)CC(=O)Cc2c3c(cc4c2CCC4)CCC3)c(O)c1.CNS(=O)(=O)c1ccc(S(=O)(=O)CC(=O)Nc2c(C(C)C)cc(C#N)c(F)c2C(C)C)c(O)c1.CNS(=O)(=O)c1ccc(S(N)(=O)=O)c(O)c1.O=C=Nc1c2c(cc3c1CCC3)CCC2. The number of ketones is 1. The van der Waals surface area contributed by atoms with Gasteiger partial charge in [-0.2, -0.15) is 10.3 Å². The molecule has 0 fully saturated rings. The average molecular weight is 1440 g/mol. The number of amides is 1. The summed E-state index contributed by atoms with van der Waals surface area (Å²) >= 11 is 0. The molecular formula is C65H75FN6O18S6. The number of hydrogen-bond donors (Lipinski definition) is 7. The van der Waals surface area contributed by atoms with Crippen LogP contribution >= 0.6 is 0 Å². The topological polar surface area (TPSA) is 415 Å². The van der Waals surface area contributed by atoms with Gasteiger partial charge >= 0.3 is 0 Å². The van der Waals surface area contributed by atoms with Gasteiger partial charge in [0.05, 0.1) is 37.4 Å². The van der Waals surface area contributed by atoms with Crippen molar-refractivity contribution in [2.24, 2.45) is 10.1 Å². The van der Waals surface area contributed by atoms with E-state index in [4.69, 9.17) is 5.14 Å². The summed E-state index contributed by atoms with van der Waals surface area (Å²) < 4.78 is 162. The van der Waals surface area contributed by atoms with Gasteiger partial charge in [0, 0.05) is 24.1 Å². The third-order valence-corrected chi connectivity index (χ3v) is 25.7. The van der Waals surface area contributed by atoms with Crippen LogP contribution in [0.1, 0.15) is 139 Å². The lowest BCUT2D eigenvalue weighted by Gasteiger charge is -2.22. The zero-order chi connectivity index (χ0) is 71.2. The molecule has 0 bridgehead atoms. The fraction of sp³-hybridized carbons (Fsp3) is 0.385. The van der Waals surface area contributed by atoms with Crippen LogP contribution < -0.4 is 19.9 Å². The molecular weight excluding hydrogens is 1360 g/mol. The molecule has 6 aromatic carbocycles. The highest BCUT2D eigenvalue weighted by Crippen LogP contribution is 2.42. The van der Waals surface area contributed by atoms with Gasteiger partial charge in [-0.1, -0.05) is 46.8 Å². The van der Waals surface area contributed by atoms with Gasteiger partial charge < -0.3 is 20.6 Å². The summed E-state index contributed by atoms with van der Waals surface area (Å²) in [5.41, 5.74) is 12.9. The number of carbonyl (C=O) groups excluding carboxylic acids is 3. The number of aliphatic imine (C=N–C) groups is 1. The molecule has 4 aliphatic carbocycles. The van der Waals surface area contributed by atoms with Crippen molar-refractivity contribution in [1.29, 1.82) is 5.26 Å². The van der Waals surface area contributed by atoms with Gasteiger partial charge in [0.1, 0.15) is 55.3 Å². The summed E-state index contributed by atoms with van der Waals surface area (Å²) in [4.78, 5) is 37.7. The molecule has 6 aromatic rings. The van der Waals surface area contributed by atoms with Crippen molar-refractivity contribution in [3.8, 4) is 23.3 Å². The standard InChI is InChI=1S/C23H26O6S2.C22H26FN3O6S2.C13H13NO.C7H10N2O5S2/c1-2-30(26,27)18-9-10-23(22(25)13-18)31(28,29)14-17(24)12-21-19-7-3-5-15(19)11-16-6-4-8-20(16)21;1-12(2)16-8-14(10-24)21(23)20(13(3)4)22(16)26-19(28)11-33(29,30)18-7-6-15(9-17(18)27)34(31,32)25-5;15-8-14-13-11-5-1-3-9(11)7-10-4-2-6-12(10)13;1-9-16(13,14)5-2-3-7(6(10)4-5)15(8,11)12/h9-11,13,25H,2-8,12,14H2,1H3;6-9,12-13,25,27H,11H2,1-5H3,(H,26,28);7H,1-6H2;2-4,9-10H,1H3,(H2,8,11,12). The maximum Gasteiger partial charge on any atom is 0.241 e. The summed E-state index contributed by atoms with van der Waals surface area (Å²) in [7, 11) is -21.4. The molecule has 96 heavy (non-hydrogen) atoms. The van der Waals surface area contributed by atoms with Crippen molar-refractivity contribution in [1.82, 2.24) is 9.44 Å². The van der Waals surface area contributed by atoms with E-state index in [1.54, 1.807) is 39.8 Å². The smallest absolute Gasteiger partial charge is 0.241 e. The molecule has 0 aromatic heterocycles. The molecule has 0 atom stereocenters. The number of Topliss-reactive ketones (excluding diaryl/α,β-unsaturated/α-hetero) is 1. The Morgan fingerprint density at radius 1 is 0.583 bits per heavy atom. The largest absolute Gasteiger partial charge is 0.507 e. The number of fused-ring (bicyclic) bond motifs is 4. The van der Waals surface area contributed by atoms with Crippen LogP contribution in [0.5, 0.6) is 17.2 Å². The summed E-state index contributed by atoms with van der Waals surface area (Å²) in [5.74, 6) is -7.01. The van der Waals surface area contributed by atoms with Gasteiger partial charge in [0.15, 0.2) is 35.3 Å². The highest BCUT2D eigenvalue weighted by Gasteiger charge is 2.32. The van der Waals surface area contributed by atoms with Gasteiger partial charge in [0.25, 0.3) is 0 Å². The number of nitriles is 1. The number of primary sulfonamides is 1. The number of halogens is 1. The van der Waals surface area contributed by atoms with Crippen molar-refractivity contribution < 1.29 is 84.6 Å². The Morgan fingerprint density at radius 2 is 1.00 bits per heavy atom. The van der Waals surface area contributed by atoms with Crippen LogP contribution in [0.15, 0.2) is 107 Å². The number of phenols is 3. The Hall–Kier alpha value is -7.76. The lowest BCUT2D eigenvalue weighted by atomic mass is 9.89. The third kappa shape index (κ3) is 17.1. The number of phenolic OH excluding ortho intramolecular Hbond substituents is 3. The van der Waals surface area contributed by atoms with Crippen molar-refractivity contribution in [3.63, 3.8) is 0 Å². The van der Waals surface area contributed by atoms with Crippen LogP contribution in [0, 0.1) is 17.1 Å². The first-order valence-electron chi connectivity index (χ1n) is 30.4. The Morgan fingerprint density at radius 3 is 1.40 bits per heavy atom. The Balaban J connectivity index is 0.000000191. The summed E-state index contributed by atoms with van der Waals surface area (Å²) in [6, 6.07) is 16.3. The maximum atomic E-state index is 14.9. The van der Waals surface area contributed by atoms with E-state index < -0.39 is 126 Å². The Labute approximate surface area is 559 Å². The fourth-order valence-corrected chi connectivity index (χ4v) is 17.8. The third-order valence-electron chi connectivity index (χ3n) is 16.8. The second kappa shape index (κ2) is 30.3. The number of aryl methyl sites for hydroxylation is 4. The number of nitrogens with zero attached hydrogens (tertiary/aromatic N) is 2. The molecule has 0 aliphatic heterocycles. The molecule has 0 saturated carbocycles. The number of anilines is 1. The molecule has 0 unspecified atom stereocenters. The first kappa shape index (κ1) is 75.6. The van der Waals surface area contributed by atoms with E-state index in [2.05, 4.69) is 22.4 Å². The quantitative estimate of drug-likeness (QED) is 0.0309. The van der Waals surface area contributed by atoms with E-state index in [0.717, 1.165) is 137 Å². The van der Waals surface area contributed by atoms with E-state index in [1.165, 1.54) is 77.4 Å². The van der Waals surface area contributed by atoms with Crippen LogP contribution in [0.2, 0.25) is 0 Å². The molecule has 4 aliphatic rings. The van der Waals surface area contributed by atoms with Crippen molar-refractivity contribution >= 4 is 88.7 Å². The van der Waals surface area contributed by atoms with Crippen LogP contribution in [-0.2, 0) is 132 Å². The highest BCUT2D eigenvalue weighted by atomic mass is 32.2. The number of benzene rings is 6. The van der Waals surface area contributed by atoms with E-state index in [-0.39, 0.29) is 49.6 Å². The van der Waals surface area contributed by atoms with Crippen molar-refractivity contribution in [2.45, 2.75) is 159 Å². The Bertz CT molecular complexity index is 4850. The highest BCUT2D eigenvalue weighted by molar-refractivity contribution is 7.93. The van der Waals surface area contributed by atoms with E-state index >= 15 is 0 Å². The minimum absolute atomic E-state index is 0.0772. The molecule has 1 amide bonds. The predicted octanol–water partition coefficient (Wildman–Crippen LogP) is 7.30. The number of isocyanates is 1. The minimum Gasteiger partial charge on any atom is -0.507 e. The number of rotatable bonds is 19. The first-order valence-corrected chi connectivity index (χ1v) is 39.9. The number of hydrogen-bond acceptors (Lipinski definition) is 20. The molecule has 24 nitrogen and oxygen atoms in total. The average Bonchev–Trinajstić information content (AvgIpc) is 1.40. The summed E-state index contributed by atoms with van der Waals surface area (Å²) in [5, 5.41) is 46.2. The second-order valence-corrected chi connectivity index (χ2v) is 35.3. The van der Waals surface area contributed by atoms with Crippen LogP contribution in [0.3, 0.4) is 0 Å². The number of aromatic hydroxyl groups is 3. The molecule has 0 spiro atoms. The van der Waals surface area contributed by atoms with E-state index in [9.17, 15) is 89.9 Å². The van der Waals surface area contributed by atoms with Gasteiger partial charge in [-0.3, -0.25) is 9.59 Å². The number of nitrogens with one attached hydrogen (secondary N) is 3. The second-order valence-electron chi connectivity index (χ2n) is 23.8. The fourth-order valence-electron chi connectivity index (χ4n) is 12.2. The molecule has 31 heteroatoms. The van der Waals surface area contributed by atoms with Gasteiger partial charge in [0.2, 0.25) is 42.1 Å². The predicted molar refractivity (Wildman–Crippen MR) is 355 cm³/mol. The zero-order valence-corrected chi connectivity index (χ0v) is 58.6. The van der Waals surface area contributed by atoms with Crippen LogP contribution in [-0.4, -0.2) is 115 Å².